The molecule has 0 heterocycles. The van der Waals surface area contributed by atoms with Gasteiger partial charge in [0.2, 0.25) is 0 Å². The summed E-state index contributed by atoms with van der Waals surface area (Å²) in [4.78, 5) is 0.140. The minimum Gasteiger partial charge on any atom is -0.280 e. The van der Waals surface area contributed by atoms with Crippen LogP contribution in [-0.2, 0) is 25.3 Å². The molecule has 2 aromatic rings. The molecule has 7 heteroatoms. The minimum atomic E-state index is -3.78. The highest BCUT2D eigenvalue weighted by molar-refractivity contribution is 7.92. The van der Waals surface area contributed by atoms with Crippen molar-refractivity contribution in [3.8, 4) is 0 Å². The van der Waals surface area contributed by atoms with Crippen LogP contribution in [0.15, 0.2) is 58.3 Å². The van der Waals surface area contributed by atoms with Gasteiger partial charge in [0.1, 0.15) is 0 Å². The molecule has 30 heavy (non-hydrogen) atoms. The van der Waals surface area contributed by atoms with Crippen LogP contribution in [-0.4, -0.2) is 23.1 Å². The van der Waals surface area contributed by atoms with E-state index in [1.807, 2.05) is 12.1 Å². The minimum absolute atomic E-state index is 0.0417. The first kappa shape index (κ1) is 20.1. The smallest absolute Gasteiger partial charge is 0.261 e. The van der Waals surface area contributed by atoms with E-state index in [1.54, 1.807) is 0 Å². The van der Waals surface area contributed by atoms with Crippen molar-refractivity contribution in [1.82, 2.24) is 0 Å². The van der Waals surface area contributed by atoms with Crippen molar-refractivity contribution in [2.45, 2.75) is 53.7 Å². The number of sulfone groups is 1. The number of rotatable bonds is 5. The molecule has 1 N–H and O–H groups in total. The van der Waals surface area contributed by atoms with Crippen molar-refractivity contribution in [3.63, 3.8) is 0 Å². The Kier molecular flexibility index (Phi) is 4.56. The predicted molar refractivity (Wildman–Crippen MR) is 117 cm³/mol. The molecule has 4 aliphatic rings. The van der Waals surface area contributed by atoms with Crippen LogP contribution in [0, 0.1) is 17.8 Å². The largest absolute Gasteiger partial charge is 0.280 e. The quantitative estimate of drug-likeness (QED) is 0.742. The second kappa shape index (κ2) is 6.82. The molecule has 0 unspecified atom stereocenters. The number of sulfonamides is 1. The van der Waals surface area contributed by atoms with Crippen LogP contribution in [0.5, 0.6) is 0 Å². The zero-order valence-corrected chi connectivity index (χ0v) is 18.7. The van der Waals surface area contributed by atoms with Crippen molar-refractivity contribution in [1.29, 1.82) is 0 Å². The Hall–Kier alpha value is -1.86. The van der Waals surface area contributed by atoms with Gasteiger partial charge in [-0.25, -0.2) is 16.8 Å². The lowest BCUT2D eigenvalue weighted by Gasteiger charge is -2.57. The molecule has 2 aromatic carbocycles. The van der Waals surface area contributed by atoms with E-state index in [1.165, 1.54) is 68.4 Å². The van der Waals surface area contributed by atoms with Crippen molar-refractivity contribution in [2.75, 3.05) is 11.0 Å². The Bertz CT molecular complexity index is 1130. The topological polar surface area (TPSA) is 80.3 Å². The van der Waals surface area contributed by atoms with Gasteiger partial charge < -0.3 is 0 Å². The first-order valence-electron chi connectivity index (χ1n) is 10.6. The molecule has 160 valence electrons. The van der Waals surface area contributed by atoms with Gasteiger partial charge in [0.25, 0.3) is 10.0 Å². The van der Waals surface area contributed by atoms with Gasteiger partial charge in [-0.2, -0.15) is 0 Å². The van der Waals surface area contributed by atoms with Crippen molar-refractivity contribution in [2.24, 2.45) is 17.8 Å². The third-order valence-corrected chi connectivity index (χ3v) is 9.88. The Labute approximate surface area is 178 Å². The van der Waals surface area contributed by atoms with Crippen molar-refractivity contribution >= 4 is 25.5 Å². The van der Waals surface area contributed by atoms with Gasteiger partial charge >= 0.3 is 0 Å². The lowest BCUT2D eigenvalue weighted by atomic mass is 9.48. The fraction of sp³-hybridized carbons (Fsp3) is 0.478. The van der Waals surface area contributed by atoms with E-state index in [-0.39, 0.29) is 15.2 Å². The molecule has 0 amide bonds. The van der Waals surface area contributed by atoms with Crippen LogP contribution >= 0.6 is 0 Å². The second-order valence-corrected chi connectivity index (χ2v) is 13.3. The number of anilines is 1. The van der Waals surface area contributed by atoms with Gasteiger partial charge in [-0.3, -0.25) is 4.72 Å². The highest BCUT2D eigenvalue weighted by atomic mass is 32.2. The van der Waals surface area contributed by atoms with E-state index in [9.17, 15) is 16.8 Å². The van der Waals surface area contributed by atoms with E-state index in [2.05, 4.69) is 16.9 Å². The van der Waals surface area contributed by atoms with Crippen LogP contribution in [0.25, 0.3) is 0 Å². The van der Waals surface area contributed by atoms with E-state index < -0.39 is 19.9 Å². The maximum atomic E-state index is 12.7. The molecule has 0 spiro atoms. The SMILES string of the molecule is CS(=O)(=O)c1ccc(S(=O)(=O)Nc2ccc(C34CC5CC(CC(C5)C3)C4)cc2)cc1. The Balaban J connectivity index is 1.35. The number of benzene rings is 2. The van der Waals surface area contributed by atoms with E-state index in [4.69, 9.17) is 0 Å². The van der Waals surface area contributed by atoms with E-state index >= 15 is 0 Å². The van der Waals surface area contributed by atoms with Gasteiger partial charge in [-0.1, -0.05) is 12.1 Å². The zero-order chi connectivity index (χ0) is 21.1. The number of nitrogens with one attached hydrogen (secondary N) is 1. The van der Waals surface area contributed by atoms with Gasteiger partial charge in [0.05, 0.1) is 9.79 Å². The molecule has 0 aromatic heterocycles. The van der Waals surface area contributed by atoms with Crippen LogP contribution in [0.3, 0.4) is 0 Å². The molecule has 0 atom stereocenters. The molecule has 0 aliphatic heterocycles. The Morgan fingerprint density at radius 3 is 1.67 bits per heavy atom. The maximum absolute atomic E-state index is 12.7. The molecule has 5 nitrogen and oxygen atoms in total. The summed E-state index contributed by atoms with van der Waals surface area (Å²) in [6.45, 7) is 0. The summed E-state index contributed by atoms with van der Waals surface area (Å²) < 4.78 is 51.2. The van der Waals surface area contributed by atoms with Gasteiger partial charge in [0, 0.05) is 11.9 Å². The average molecular weight is 446 g/mol. The van der Waals surface area contributed by atoms with Crippen LogP contribution < -0.4 is 4.72 Å². The first-order chi connectivity index (χ1) is 14.1. The normalized spacial score (nSPS) is 30.4. The van der Waals surface area contributed by atoms with Crippen LogP contribution in [0.4, 0.5) is 5.69 Å². The van der Waals surface area contributed by atoms with Gasteiger partial charge in [0.15, 0.2) is 9.84 Å². The molecular formula is C23H27NO4S2. The third kappa shape index (κ3) is 3.56. The summed E-state index contributed by atoms with van der Waals surface area (Å²) >= 11 is 0. The molecule has 4 aliphatic carbocycles. The molecule has 4 saturated carbocycles. The van der Waals surface area contributed by atoms with Crippen LogP contribution in [0.2, 0.25) is 0 Å². The van der Waals surface area contributed by atoms with Crippen molar-refractivity contribution < 1.29 is 16.8 Å². The summed E-state index contributed by atoms with van der Waals surface area (Å²) in [5.74, 6) is 2.60. The lowest BCUT2D eigenvalue weighted by molar-refractivity contribution is -0.00518. The molecule has 4 bridgehead atoms. The van der Waals surface area contributed by atoms with E-state index in [0.717, 1.165) is 24.0 Å². The fourth-order valence-electron chi connectivity index (χ4n) is 6.44. The van der Waals surface area contributed by atoms with Crippen LogP contribution in [0.1, 0.15) is 44.1 Å². The summed E-state index contributed by atoms with van der Waals surface area (Å²) in [6, 6.07) is 13.2. The average Bonchev–Trinajstić information content (AvgIpc) is 2.66. The summed E-state index contributed by atoms with van der Waals surface area (Å²) in [5, 5.41) is 0. The molecular weight excluding hydrogens is 418 g/mol. The Morgan fingerprint density at radius 1 is 0.733 bits per heavy atom. The second-order valence-electron chi connectivity index (χ2n) is 9.62. The maximum Gasteiger partial charge on any atom is 0.261 e. The first-order valence-corrected chi connectivity index (χ1v) is 13.9. The number of hydrogen-bond donors (Lipinski definition) is 1. The monoisotopic (exact) mass is 445 g/mol. The Morgan fingerprint density at radius 2 is 1.20 bits per heavy atom. The third-order valence-electron chi connectivity index (χ3n) is 7.35. The molecule has 0 radical (unpaired) electrons. The fourth-order valence-corrected chi connectivity index (χ4v) is 8.13. The number of hydrogen-bond acceptors (Lipinski definition) is 4. The summed E-state index contributed by atoms with van der Waals surface area (Å²) in [7, 11) is -7.14. The standard InChI is InChI=1S/C23H27NO4S2/c1-29(25,26)21-6-8-22(9-7-21)30(27,28)24-20-4-2-19(3-5-20)23-13-16-10-17(14-23)12-18(11-16)15-23/h2-9,16-18,24H,10-15H2,1H3. The highest BCUT2D eigenvalue weighted by Gasteiger charge is 2.51. The molecule has 6 rings (SSSR count). The van der Waals surface area contributed by atoms with E-state index in [0.29, 0.717) is 5.69 Å². The predicted octanol–water partition coefficient (Wildman–Crippen LogP) is 4.36. The summed E-state index contributed by atoms with van der Waals surface area (Å²) in [5.41, 5.74) is 2.16. The van der Waals surface area contributed by atoms with Crippen molar-refractivity contribution in [3.05, 3.63) is 54.1 Å². The van der Waals surface area contributed by atoms with Gasteiger partial charge in [-0.15, -0.1) is 0 Å². The molecule has 0 saturated heterocycles. The van der Waals surface area contributed by atoms with Gasteiger partial charge in [-0.05, 0) is 104 Å². The molecule has 4 fully saturated rings. The summed E-state index contributed by atoms with van der Waals surface area (Å²) in [6.07, 6.45) is 9.12. The zero-order valence-electron chi connectivity index (χ0n) is 17.0. The highest BCUT2D eigenvalue weighted by Crippen LogP contribution is 2.60. The lowest BCUT2D eigenvalue weighted by Crippen LogP contribution is -2.48.